The summed E-state index contributed by atoms with van der Waals surface area (Å²) < 4.78 is 20.2. The number of benzene rings is 1. The van der Waals surface area contributed by atoms with Crippen LogP contribution in [0.1, 0.15) is 11.3 Å². The maximum absolute atomic E-state index is 13.5. The summed E-state index contributed by atoms with van der Waals surface area (Å²) >= 11 is 5.76. The fraction of sp³-hybridized carbons (Fsp3) is 0.250. The predicted octanol–water partition coefficient (Wildman–Crippen LogP) is 2.82. The highest BCUT2D eigenvalue weighted by Gasteiger charge is 2.06. The molecule has 1 aromatic heterocycles. The van der Waals surface area contributed by atoms with Gasteiger partial charge in [0, 0.05) is 12.7 Å². The van der Waals surface area contributed by atoms with Crippen LogP contribution < -0.4 is 4.74 Å². The molecule has 1 heterocycles. The van der Waals surface area contributed by atoms with Gasteiger partial charge in [-0.2, -0.15) is 0 Å². The van der Waals surface area contributed by atoms with Crippen molar-refractivity contribution < 1.29 is 9.13 Å². The number of rotatable bonds is 4. The molecule has 3 nitrogen and oxygen atoms in total. The van der Waals surface area contributed by atoms with Crippen LogP contribution in [0.3, 0.4) is 0 Å². The SMILES string of the molecule is COc1ccc(Cn2cncc2CCl)cc1F. The van der Waals surface area contributed by atoms with Crippen LogP contribution in [0.25, 0.3) is 0 Å². The number of hydrogen-bond acceptors (Lipinski definition) is 2. The minimum Gasteiger partial charge on any atom is -0.494 e. The summed E-state index contributed by atoms with van der Waals surface area (Å²) in [7, 11) is 1.44. The topological polar surface area (TPSA) is 27.1 Å². The first-order chi connectivity index (χ1) is 8.24. The van der Waals surface area contributed by atoms with E-state index in [9.17, 15) is 4.39 Å². The van der Waals surface area contributed by atoms with Gasteiger partial charge in [0.2, 0.25) is 0 Å². The quantitative estimate of drug-likeness (QED) is 0.785. The predicted molar refractivity (Wildman–Crippen MR) is 63.8 cm³/mol. The Balaban J connectivity index is 2.22. The molecule has 0 spiro atoms. The van der Waals surface area contributed by atoms with E-state index >= 15 is 0 Å². The van der Waals surface area contributed by atoms with Crippen molar-refractivity contribution in [1.82, 2.24) is 9.55 Å². The highest BCUT2D eigenvalue weighted by molar-refractivity contribution is 6.16. The van der Waals surface area contributed by atoms with Crippen LogP contribution in [0.4, 0.5) is 4.39 Å². The molecular formula is C12H12ClFN2O. The number of methoxy groups -OCH3 is 1. The molecule has 0 amide bonds. The van der Waals surface area contributed by atoms with E-state index in [0.717, 1.165) is 11.3 Å². The molecule has 0 unspecified atom stereocenters. The van der Waals surface area contributed by atoms with Gasteiger partial charge in [-0.05, 0) is 17.7 Å². The van der Waals surface area contributed by atoms with Crippen molar-refractivity contribution >= 4 is 11.6 Å². The first kappa shape index (κ1) is 11.9. The summed E-state index contributed by atoms with van der Waals surface area (Å²) in [6, 6.07) is 4.89. The van der Waals surface area contributed by atoms with E-state index in [1.54, 1.807) is 18.6 Å². The van der Waals surface area contributed by atoms with E-state index in [-0.39, 0.29) is 11.6 Å². The number of nitrogens with zero attached hydrogens (tertiary/aromatic N) is 2. The molecule has 0 radical (unpaired) electrons. The number of halogens is 2. The van der Waals surface area contributed by atoms with Crippen LogP contribution in [-0.4, -0.2) is 16.7 Å². The molecule has 0 saturated heterocycles. The van der Waals surface area contributed by atoms with E-state index in [1.807, 2.05) is 10.6 Å². The van der Waals surface area contributed by atoms with Crippen molar-refractivity contribution in [3.05, 3.63) is 47.8 Å². The summed E-state index contributed by atoms with van der Waals surface area (Å²) in [5, 5.41) is 0. The number of aromatic nitrogens is 2. The Morgan fingerprint density at radius 1 is 1.47 bits per heavy atom. The van der Waals surface area contributed by atoms with Crippen LogP contribution >= 0.6 is 11.6 Å². The molecule has 0 aliphatic heterocycles. The largest absolute Gasteiger partial charge is 0.494 e. The maximum atomic E-state index is 13.5. The highest BCUT2D eigenvalue weighted by atomic mass is 35.5. The molecule has 1 aromatic carbocycles. The number of alkyl halides is 1. The standard InChI is InChI=1S/C12H12ClFN2O/c1-17-12-3-2-9(4-11(12)14)7-16-8-15-6-10(16)5-13/h2-4,6,8H,5,7H2,1H3. The molecule has 17 heavy (non-hydrogen) atoms. The smallest absolute Gasteiger partial charge is 0.165 e. The third-order valence-corrected chi connectivity index (χ3v) is 2.78. The average Bonchev–Trinajstić information content (AvgIpc) is 2.76. The lowest BCUT2D eigenvalue weighted by molar-refractivity contribution is 0.386. The third kappa shape index (κ3) is 2.58. The second-order valence-corrected chi connectivity index (χ2v) is 3.88. The number of ether oxygens (including phenoxy) is 1. The number of imidazole rings is 1. The van der Waals surface area contributed by atoms with Crippen LogP contribution in [0.2, 0.25) is 0 Å². The summed E-state index contributed by atoms with van der Waals surface area (Å²) in [4.78, 5) is 4.01. The minimum atomic E-state index is -0.363. The second kappa shape index (κ2) is 5.19. The zero-order valence-electron chi connectivity index (χ0n) is 9.36. The van der Waals surface area contributed by atoms with Crippen LogP contribution in [0, 0.1) is 5.82 Å². The minimum absolute atomic E-state index is 0.247. The van der Waals surface area contributed by atoms with Crippen LogP contribution in [-0.2, 0) is 12.4 Å². The molecule has 0 aliphatic carbocycles. The lowest BCUT2D eigenvalue weighted by Crippen LogP contribution is -2.02. The van der Waals surface area contributed by atoms with Crippen molar-refractivity contribution in [2.75, 3.05) is 7.11 Å². The molecule has 0 atom stereocenters. The molecule has 5 heteroatoms. The van der Waals surface area contributed by atoms with Crippen LogP contribution in [0.5, 0.6) is 5.75 Å². The first-order valence-corrected chi connectivity index (χ1v) is 5.65. The molecule has 2 aromatic rings. The molecule has 2 rings (SSSR count). The molecule has 90 valence electrons. The molecule has 0 aliphatic rings. The van der Waals surface area contributed by atoms with Crippen molar-refractivity contribution in [3.8, 4) is 5.75 Å². The lowest BCUT2D eigenvalue weighted by Gasteiger charge is -2.08. The molecule has 0 bridgehead atoms. The molecule has 0 N–H and O–H groups in total. The van der Waals surface area contributed by atoms with Gasteiger partial charge < -0.3 is 9.30 Å². The third-order valence-electron chi connectivity index (χ3n) is 2.50. The summed E-state index contributed by atoms with van der Waals surface area (Å²) in [5.41, 5.74) is 1.75. The lowest BCUT2D eigenvalue weighted by atomic mass is 10.2. The van der Waals surface area contributed by atoms with E-state index in [0.29, 0.717) is 12.4 Å². The van der Waals surface area contributed by atoms with E-state index < -0.39 is 0 Å². The number of hydrogen-bond donors (Lipinski definition) is 0. The van der Waals surface area contributed by atoms with E-state index in [2.05, 4.69) is 4.98 Å². The zero-order valence-corrected chi connectivity index (χ0v) is 10.1. The first-order valence-electron chi connectivity index (χ1n) is 5.12. The monoisotopic (exact) mass is 254 g/mol. The van der Waals surface area contributed by atoms with Crippen molar-refractivity contribution in [2.45, 2.75) is 12.4 Å². The van der Waals surface area contributed by atoms with Crippen molar-refractivity contribution in [1.29, 1.82) is 0 Å². The molecule has 0 saturated carbocycles. The van der Waals surface area contributed by atoms with Crippen LogP contribution in [0.15, 0.2) is 30.7 Å². The van der Waals surface area contributed by atoms with Gasteiger partial charge in [0.15, 0.2) is 11.6 Å². The molecular weight excluding hydrogens is 243 g/mol. The zero-order chi connectivity index (χ0) is 12.3. The Morgan fingerprint density at radius 2 is 2.29 bits per heavy atom. The Hall–Kier alpha value is -1.55. The summed E-state index contributed by atoms with van der Waals surface area (Å²) in [6.07, 6.45) is 3.38. The summed E-state index contributed by atoms with van der Waals surface area (Å²) in [6.45, 7) is 0.545. The Bertz CT molecular complexity index is 513. The van der Waals surface area contributed by atoms with Gasteiger partial charge in [-0.1, -0.05) is 6.07 Å². The van der Waals surface area contributed by atoms with Gasteiger partial charge in [0.05, 0.1) is 25.0 Å². The van der Waals surface area contributed by atoms with Gasteiger partial charge in [0.25, 0.3) is 0 Å². The normalized spacial score (nSPS) is 10.5. The summed E-state index contributed by atoms with van der Waals surface area (Å²) in [5.74, 6) is 0.271. The second-order valence-electron chi connectivity index (χ2n) is 3.62. The van der Waals surface area contributed by atoms with E-state index in [1.165, 1.54) is 13.2 Å². The van der Waals surface area contributed by atoms with Crippen molar-refractivity contribution in [2.24, 2.45) is 0 Å². The van der Waals surface area contributed by atoms with Gasteiger partial charge >= 0.3 is 0 Å². The fourth-order valence-corrected chi connectivity index (χ4v) is 1.83. The van der Waals surface area contributed by atoms with E-state index in [4.69, 9.17) is 16.3 Å². The average molecular weight is 255 g/mol. The van der Waals surface area contributed by atoms with Crippen molar-refractivity contribution in [3.63, 3.8) is 0 Å². The van der Waals surface area contributed by atoms with Gasteiger partial charge in [-0.25, -0.2) is 9.37 Å². The van der Waals surface area contributed by atoms with Gasteiger partial charge in [-0.3, -0.25) is 0 Å². The fourth-order valence-electron chi connectivity index (χ4n) is 1.61. The maximum Gasteiger partial charge on any atom is 0.165 e. The Morgan fingerprint density at radius 3 is 2.94 bits per heavy atom. The molecule has 0 fully saturated rings. The van der Waals surface area contributed by atoms with Gasteiger partial charge in [0.1, 0.15) is 0 Å². The Labute approximate surface area is 104 Å². The van der Waals surface area contributed by atoms with Gasteiger partial charge in [-0.15, -0.1) is 11.6 Å². The Kier molecular flexibility index (Phi) is 3.64. The highest BCUT2D eigenvalue weighted by Crippen LogP contribution is 2.18.